The second-order valence-electron chi connectivity index (χ2n) is 7.17. The van der Waals surface area contributed by atoms with Crippen molar-refractivity contribution in [1.29, 1.82) is 0 Å². The summed E-state index contributed by atoms with van der Waals surface area (Å²) in [6.07, 6.45) is 5.80. The van der Waals surface area contributed by atoms with Gasteiger partial charge in [-0.05, 0) is 43.0 Å². The fourth-order valence-corrected chi connectivity index (χ4v) is 3.36. The summed E-state index contributed by atoms with van der Waals surface area (Å²) in [5.74, 6) is -2.40. The van der Waals surface area contributed by atoms with Crippen LogP contribution in [0.2, 0.25) is 0 Å². The normalized spacial score (nSPS) is 10.6. The van der Waals surface area contributed by atoms with Gasteiger partial charge in [-0.25, -0.2) is 9.59 Å². The van der Waals surface area contributed by atoms with Gasteiger partial charge >= 0.3 is 11.9 Å². The molecule has 30 heavy (non-hydrogen) atoms. The van der Waals surface area contributed by atoms with Gasteiger partial charge in [0.25, 0.3) is 0 Å². The Morgan fingerprint density at radius 1 is 0.900 bits per heavy atom. The quantitative estimate of drug-likeness (QED) is 0.288. The van der Waals surface area contributed by atoms with Crippen molar-refractivity contribution in [2.75, 3.05) is 7.11 Å². The molecule has 0 aliphatic carbocycles. The van der Waals surface area contributed by atoms with E-state index in [1.807, 2.05) is 0 Å². The van der Waals surface area contributed by atoms with Gasteiger partial charge in [-0.15, -0.1) is 0 Å². The number of ether oxygens (including phenoxy) is 2. The molecule has 0 bridgehead atoms. The van der Waals surface area contributed by atoms with Gasteiger partial charge in [0.2, 0.25) is 0 Å². The number of unbranched alkanes of at least 4 members (excludes halogenated alkanes) is 4. The predicted molar refractivity (Wildman–Crippen MR) is 112 cm³/mol. The zero-order chi connectivity index (χ0) is 22.3. The number of methoxy groups -OCH3 is 1. The van der Waals surface area contributed by atoms with Crippen molar-refractivity contribution >= 4 is 11.9 Å². The Hall–Kier alpha value is -3.22. The van der Waals surface area contributed by atoms with Crippen LogP contribution in [-0.2, 0) is 6.42 Å². The van der Waals surface area contributed by atoms with Crippen LogP contribution in [0.4, 0.5) is 0 Å². The molecule has 0 spiro atoms. The van der Waals surface area contributed by atoms with E-state index in [9.17, 15) is 19.8 Å². The summed E-state index contributed by atoms with van der Waals surface area (Å²) in [6.45, 7) is 3.63. The average molecular weight is 416 g/mol. The minimum atomic E-state index is -1.28. The third-order valence-electron chi connectivity index (χ3n) is 4.87. The van der Waals surface area contributed by atoms with Gasteiger partial charge < -0.3 is 24.8 Å². The average Bonchev–Trinajstić information content (AvgIpc) is 2.66. The van der Waals surface area contributed by atoms with E-state index < -0.39 is 17.7 Å². The highest BCUT2D eigenvalue weighted by molar-refractivity contribution is 5.96. The number of carboxylic acid groups (broad SMARTS) is 1. The monoisotopic (exact) mass is 416 g/mol. The minimum Gasteiger partial charge on any atom is -0.507 e. The molecule has 0 saturated carbocycles. The Kier molecular flexibility index (Phi) is 8.09. The lowest BCUT2D eigenvalue weighted by atomic mass is 9.99. The first-order valence-corrected chi connectivity index (χ1v) is 9.97. The van der Waals surface area contributed by atoms with E-state index in [0.29, 0.717) is 17.7 Å². The highest BCUT2D eigenvalue weighted by atomic mass is 16.5. The number of aromatic hydroxyl groups is 2. The molecule has 3 N–H and O–H groups in total. The molecule has 2 aromatic carbocycles. The van der Waals surface area contributed by atoms with Crippen LogP contribution in [0.15, 0.2) is 24.3 Å². The number of carbonyl (C=O) groups is 2. The van der Waals surface area contributed by atoms with E-state index in [0.717, 1.165) is 38.2 Å². The number of aromatic carboxylic acids is 1. The minimum absolute atomic E-state index is 0.0101. The number of esters is 1. The number of phenols is 2. The predicted octanol–water partition coefficient (Wildman–Crippen LogP) is 4.85. The maximum absolute atomic E-state index is 12.8. The van der Waals surface area contributed by atoms with Crippen LogP contribution in [-0.4, -0.2) is 34.4 Å². The molecule has 7 nitrogen and oxygen atoms in total. The standard InChI is InChI=1S/C23H28O7/c1-4-5-6-7-8-9-15-11-16(29-3)12-19(25)21(15)23(28)30-17-10-14(2)20(22(26)27)18(24)13-17/h10-13,24-25H,4-9H2,1-3H3,(H,26,27). The van der Waals surface area contributed by atoms with Crippen LogP contribution in [0.5, 0.6) is 23.0 Å². The van der Waals surface area contributed by atoms with Gasteiger partial charge in [0, 0.05) is 12.1 Å². The fourth-order valence-electron chi connectivity index (χ4n) is 3.36. The molecule has 0 aliphatic rings. The number of phenolic OH excluding ortho intramolecular Hbond substituents is 1. The van der Waals surface area contributed by atoms with Gasteiger partial charge in [0.05, 0.1) is 7.11 Å². The van der Waals surface area contributed by atoms with Gasteiger partial charge in [0.15, 0.2) is 0 Å². The molecule has 0 unspecified atom stereocenters. The number of aryl methyl sites for hydroxylation is 2. The summed E-state index contributed by atoms with van der Waals surface area (Å²) in [6, 6.07) is 5.46. The van der Waals surface area contributed by atoms with Crippen LogP contribution in [0.1, 0.15) is 70.9 Å². The first kappa shape index (κ1) is 23.1. The lowest BCUT2D eigenvalue weighted by Gasteiger charge is -2.14. The van der Waals surface area contributed by atoms with Gasteiger partial charge in [-0.2, -0.15) is 0 Å². The summed E-state index contributed by atoms with van der Waals surface area (Å²) in [7, 11) is 1.48. The first-order chi connectivity index (χ1) is 14.3. The molecule has 2 rings (SSSR count). The first-order valence-electron chi connectivity index (χ1n) is 9.97. The molecular weight excluding hydrogens is 388 g/mol. The molecule has 7 heteroatoms. The molecule has 0 saturated heterocycles. The van der Waals surface area contributed by atoms with Crippen molar-refractivity contribution < 1.29 is 34.4 Å². The summed E-state index contributed by atoms with van der Waals surface area (Å²) >= 11 is 0. The number of hydrogen-bond acceptors (Lipinski definition) is 6. The van der Waals surface area contributed by atoms with E-state index in [-0.39, 0.29) is 28.2 Å². The largest absolute Gasteiger partial charge is 0.507 e. The molecule has 0 aliphatic heterocycles. The zero-order valence-electron chi connectivity index (χ0n) is 17.5. The number of benzene rings is 2. The molecule has 0 radical (unpaired) electrons. The van der Waals surface area contributed by atoms with E-state index >= 15 is 0 Å². The van der Waals surface area contributed by atoms with E-state index in [1.54, 1.807) is 6.07 Å². The topological polar surface area (TPSA) is 113 Å². The molecule has 2 aromatic rings. The Balaban J connectivity index is 2.28. The van der Waals surface area contributed by atoms with Crippen molar-refractivity contribution in [3.05, 3.63) is 46.5 Å². The molecule has 0 heterocycles. The van der Waals surface area contributed by atoms with Crippen molar-refractivity contribution in [1.82, 2.24) is 0 Å². The van der Waals surface area contributed by atoms with E-state index in [1.165, 1.54) is 26.2 Å². The maximum atomic E-state index is 12.8. The Labute approximate surface area is 175 Å². The zero-order valence-corrected chi connectivity index (χ0v) is 17.5. The van der Waals surface area contributed by atoms with Crippen molar-refractivity contribution in [3.8, 4) is 23.0 Å². The third-order valence-corrected chi connectivity index (χ3v) is 4.87. The number of rotatable bonds is 10. The van der Waals surface area contributed by atoms with E-state index in [2.05, 4.69) is 6.92 Å². The fraction of sp³-hybridized carbons (Fsp3) is 0.391. The molecule has 0 amide bonds. The van der Waals surface area contributed by atoms with Crippen LogP contribution in [0, 0.1) is 6.92 Å². The molecule has 162 valence electrons. The lowest BCUT2D eigenvalue weighted by molar-refractivity contribution is 0.0692. The smallest absolute Gasteiger partial charge is 0.347 e. The van der Waals surface area contributed by atoms with Gasteiger partial charge in [-0.1, -0.05) is 32.6 Å². The van der Waals surface area contributed by atoms with Crippen LogP contribution < -0.4 is 9.47 Å². The third kappa shape index (κ3) is 5.65. The van der Waals surface area contributed by atoms with Crippen LogP contribution in [0.3, 0.4) is 0 Å². The van der Waals surface area contributed by atoms with Crippen molar-refractivity contribution in [3.63, 3.8) is 0 Å². The van der Waals surface area contributed by atoms with Crippen molar-refractivity contribution in [2.45, 2.75) is 52.4 Å². The highest BCUT2D eigenvalue weighted by Gasteiger charge is 2.22. The Bertz CT molecular complexity index is 895. The van der Waals surface area contributed by atoms with Crippen LogP contribution >= 0.6 is 0 Å². The summed E-state index contributed by atoms with van der Waals surface area (Å²) < 4.78 is 10.5. The van der Waals surface area contributed by atoms with E-state index in [4.69, 9.17) is 14.6 Å². The highest BCUT2D eigenvalue weighted by Crippen LogP contribution is 2.32. The lowest BCUT2D eigenvalue weighted by Crippen LogP contribution is -2.13. The summed E-state index contributed by atoms with van der Waals surface area (Å²) in [5.41, 5.74) is 0.637. The second kappa shape index (κ2) is 10.5. The number of carboxylic acids is 1. The summed E-state index contributed by atoms with van der Waals surface area (Å²) in [4.78, 5) is 24.0. The Morgan fingerprint density at radius 2 is 1.53 bits per heavy atom. The number of carbonyl (C=O) groups excluding carboxylic acids is 1. The number of hydrogen-bond donors (Lipinski definition) is 3. The molecular formula is C23H28O7. The summed E-state index contributed by atoms with van der Waals surface area (Å²) in [5, 5.41) is 29.5. The van der Waals surface area contributed by atoms with Crippen molar-refractivity contribution in [2.24, 2.45) is 0 Å². The SMILES string of the molecule is CCCCCCCc1cc(OC)cc(O)c1C(=O)Oc1cc(C)c(C(=O)O)c(O)c1. The molecule has 0 fully saturated rings. The van der Waals surface area contributed by atoms with Gasteiger partial charge in [0.1, 0.15) is 34.1 Å². The molecule has 0 aromatic heterocycles. The maximum Gasteiger partial charge on any atom is 0.347 e. The molecule has 0 atom stereocenters. The second-order valence-corrected chi connectivity index (χ2v) is 7.17. The van der Waals surface area contributed by atoms with Crippen LogP contribution in [0.25, 0.3) is 0 Å². The Morgan fingerprint density at radius 3 is 2.13 bits per heavy atom. The van der Waals surface area contributed by atoms with Gasteiger partial charge in [-0.3, -0.25) is 0 Å².